The van der Waals surface area contributed by atoms with Gasteiger partial charge in [0.2, 0.25) is 0 Å². The van der Waals surface area contributed by atoms with Crippen molar-refractivity contribution >= 4 is 29.2 Å². The number of rotatable bonds is 11. The number of anilines is 1. The van der Waals surface area contributed by atoms with Gasteiger partial charge in [-0.3, -0.25) is 9.59 Å². The maximum absolute atomic E-state index is 15.4. The van der Waals surface area contributed by atoms with Crippen LogP contribution in [0.15, 0.2) is 53.9 Å². The van der Waals surface area contributed by atoms with Gasteiger partial charge in [0.1, 0.15) is 29.0 Å². The molecule has 3 unspecified atom stereocenters. The van der Waals surface area contributed by atoms with Gasteiger partial charge >= 0.3 is 12.1 Å². The van der Waals surface area contributed by atoms with Gasteiger partial charge in [-0.15, -0.1) is 0 Å². The first-order valence-electron chi connectivity index (χ1n) is 15.1. The van der Waals surface area contributed by atoms with Crippen LogP contribution in [0.2, 0.25) is 5.02 Å². The van der Waals surface area contributed by atoms with Crippen molar-refractivity contribution in [2.45, 2.75) is 70.9 Å². The Morgan fingerprint density at radius 2 is 1.85 bits per heavy atom. The van der Waals surface area contributed by atoms with Crippen molar-refractivity contribution in [3.8, 4) is 5.75 Å². The molecule has 13 heteroatoms. The molecule has 0 radical (unpaired) electrons. The highest BCUT2D eigenvalue weighted by molar-refractivity contribution is 6.30. The number of nitrogens with one attached hydrogen (secondary N) is 1. The molecule has 1 aliphatic heterocycles. The highest BCUT2D eigenvalue weighted by Crippen LogP contribution is 2.43. The third kappa shape index (κ3) is 8.78. The summed E-state index contributed by atoms with van der Waals surface area (Å²) in [5, 5.41) is 3.26. The third-order valence-corrected chi connectivity index (χ3v) is 8.03. The SMILES string of the molecule is COc1cc2c(cc1C(F)(F)F)N(C(=O)C(NC1=CC(OCCCC(=O)OC(C)(C)C)=CC(OC)C1C)c1ccc(Cl)cc1F)CC2. The molecule has 0 aromatic heterocycles. The smallest absolute Gasteiger partial charge is 0.420 e. The lowest BCUT2D eigenvalue weighted by molar-refractivity contribution is -0.155. The zero-order valence-corrected chi connectivity index (χ0v) is 27.9. The monoisotopic (exact) mass is 682 g/mol. The highest BCUT2D eigenvalue weighted by Gasteiger charge is 2.40. The summed E-state index contributed by atoms with van der Waals surface area (Å²) in [6, 6.07) is 4.69. The number of halogens is 5. The van der Waals surface area contributed by atoms with E-state index in [9.17, 15) is 22.8 Å². The fourth-order valence-electron chi connectivity index (χ4n) is 5.51. The zero-order valence-electron chi connectivity index (χ0n) is 27.1. The number of benzene rings is 2. The molecule has 2 aromatic carbocycles. The van der Waals surface area contributed by atoms with Gasteiger partial charge < -0.3 is 29.2 Å². The Balaban J connectivity index is 1.64. The van der Waals surface area contributed by atoms with Crippen LogP contribution in [0.3, 0.4) is 0 Å². The van der Waals surface area contributed by atoms with E-state index in [2.05, 4.69) is 5.32 Å². The van der Waals surface area contributed by atoms with E-state index in [4.69, 9.17) is 30.5 Å². The quantitative estimate of drug-likeness (QED) is 0.151. The summed E-state index contributed by atoms with van der Waals surface area (Å²) in [5.41, 5.74) is -0.636. The first-order chi connectivity index (χ1) is 22.0. The number of amides is 1. The van der Waals surface area contributed by atoms with E-state index in [-0.39, 0.29) is 59.9 Å². The third-order valence-electron chi connectivity index (χ3n) is 7.79. The van der Waals surface area contributed by atoms with Crippen LogP contribution in [0.5, 0.6) is 5.75 Å². The fraction of sp³-hybridized carbons (Fsp3) is 0.471. The fourth-order valence-corrected chi connectivity index (χ4v) is 5.67. The largest absolute Gasteiger partial charge is 0.496 e. The van der Waals surface area contributed by atoms with Gasteiger partial charge in [-0.1, -0.05) is 24.6 Å². The Morgan fingerprint density at radius 3 is 2.47 bits per heavy atom. The Kier molecular flexibility index (Phi) is 11.2. The Labute approximate surface area is 276 Å². The summed E-state index contributed by atoms with van der Waals surface area (Å²) in [6.45, 7) is 7.46. The number of hydrogen-bond acceptors (Lipinski definition) is 7. The van der Waals surface area contributed by atoms with E-state index in [0.29, 0.717) is 23.4 Å². The Bertz CT molecular complexity index is 1550. The van der Waals surface area contributed by atoms with E-state index in [1.165, 1.54) is 30.2 Å². The van der Waals surface area contributed by atoms with Crippen LogP contribution in [-0.4, -0.2) is 51.0 Å². The maximum atomic E-state index is 15.4. The standard InChI is InChI=1S/C34H39ClF4N2O6/c1-19-26(16-22(17-28(19)44-5)46-13-7-8-30(42)47-33(2,3)4)40-31(23-10-9-21(35)15-25(23)36)32(43)41-12-11-20-14-29(45-6)24(18-27(20)41)34(37,38)39/h9-10,14-19,28,31,40H,7-8,11-13H2,1-6H3. The van der Waals surface area contributed by atoms with Crippen LogP contribution in [0.25, 0.3) is 0 Å². The minimum Gasteiger partial charge on any atom is -0.496 e. The van der Waals surface area contributed by atoms with Crippen molar-refractivity contribution in [1.29, 1.82) is 0 Å². The predicted molar refractivity (Wildman–Crippen MR) is 168 cm³/mol. The van der Waals surface area contributed by atoms with Crippen LogP contribution >= 0.6 is 11.6 Å². The van der Waals surface area contributed by atoms with Gasteiger partial charge in [-0.05, 0) is 75.6 Å². The Hall–Kier alpha value is -3.77. The lowest BCUT2D eigenvalue weighted by Gasteiger charge is -2.33. The number of ether oxygens (including phenoxy) is 4. The summed E-state index contributed by atoms with van der Waals surface area (Å²) < 4.78 is 79.0. The molecule has 47 heavy (non-hydrogen) atoms. The van der Waals surface area contributed by atoms with E-state index in [1.807, 2.05) is 6.92 Å². The molecule has 1 amide bonds. The lowest BCUT2D eigenvalue weighted by atomic mass is 9.93. The van der Waals surface area contributed by atoms with Crippen molar-refractivity contribution in [1.82, 2.24) is 5.32 Å². The van der Waals surface area contributed by atoms with E-state index in [1.54, 1.807) is 32.9 Å². The number of fused-ring (bicyclic) bond motifs is 1. The number of carbonyl (C=O) groups is 2. The summed E-state index contributed by atoms with van der Waals surface area (Å²) in [5.74, 6) is -2.09. The van der Waals surface area contributed by atoms with Crippen LogP contribution in [0.1, 0.15) is 63.3 Å². The number of methoxy groups -OCH3 is 2. The number of carbonyl (C=O) groups excluding carboxylic acids is 2. The predicted octanol–water partition coefficient (Wildman–Crippen LogP) is 7.30. The van der Waals surface area contributed by atoms with Crippen molar-refractivity contribution in [2.24, 2.45) is 5.92 Å². The molecule has 2 aliphatic rings. The highest BCUT2D eigenvalue weighted by atomic mass is 35.5. The first kappa shape index (κ1) is 36.1. The second-order valence-electron chi connectivity index (χ2n) is 12.4. The van der Waals surface area contributed by atoms with Crippen LogP contribution in [0, 0.1) is 11.7 Å². The molecule has 1 aliphatic carbocycles. The molecular formula is C34H39ClF4N2O6. The van der Waals surface area contributed by atoms with E-state index >= 15 is 4.39 Å². The molecule has 1 heterocycles. The minimum absolute atomic E-state index is 0.0474. The summed E-state index contributed by atoms with van der Waals surface area (Å²) >= 11 is 6.01. The zero-order chi connectivity index (χ0) is 34.7. The van der Waals surface area contributed by atoms with Gasteiger partial charge in [0.15, 0.2) is 0 Å². The average molecular weight is 683 g/mol. The summed E-state index contributed by atoms with van der Waals surface area (Å²) in [7, 11) is 2.66. The van der Waals surface area contributed by atoms with Crippen molar-refractivity contribution in [3.05, 3.63) is 81.5 Å². The topological polar surface area (TPSA) is 86.3 Å². The van der Waals surface area contributed by atoms with Gasteiger partial charge in [-0.2, -0.15) is 13.2 Å². The van der Waals surface area contributed by atoms with Crippen LogP contribution in [0.4, 0.5) is 23.2 Å². The van der Waals surface area contributed by atoms with Crippen molar-refractivity contribution in [2.75, 3.05) is 32.3 Å². The van der Waals surface area contributed by atoms with Gasteiger partial charge in [0.25, 0.3) is 5.91 Å². The molecular weight excluding hydrogens is 644 g/mol. The number of esters is 1. The first-order valence-corrected chi connectivity index (χ1v) is 15.5. The Morgan fingerprint density at radius 1 is 1.13 bits per heavy atom. The summed E-state index contributed by atoms with van der Waals surface area (Å²) in [6.07, 6.45) is -1.01. The molecule has 0 fully saturated rings. The number of allylic oxidation sites excluding steroid dienone is 1. The number of alkyl halides is 3. The molecule has 4 rings (SSSR count). The molecule has 0 saturated carbocycles. The van der Waals surface area contributed by atoms with Gasteiger partial charge in [0.05, 0.1) is 25.4 Å². The molecule has 8 nitrogen and oxygen atoms in total. The molecule has 1 N–H and O–H groups in total. The van der Waals surface area contributed by atoms with Crippen molar-refractivity contribution < 1.29 is 46.1 Å². The van der Waals surface area contributed by atoms with Gasteiger partial charge in [-0.25, -0.2) is 4.39 Å². The molecule has 0 bridgehead atoms. The molecule has 0 saturated heterocycles. The number of nitrogens with zero attached hydrogens (tertiary/aromatic N) is 1. The maximum Gasteiger partial charge on any atom is 0.420 e. The average Bonchev–Trinajstić information content (AvgIpc) is 3.40. The van der Waals surface area contributed by atoms with Gasteiger partial charge in [0, 0.05) is 48.0 Å². The van der Waals surface area contributed by atoms with Crippen LogP contribution < -0.4 is 15.0 Å². The van der Waals surface area contributed by atoms with Crippen molar-refractivity contribution in [3.63, 3.8) is 0 Å². The second-order valence-corrected chi connectivity index (χ2v) is 12.8. The molecule has 2 aromatic rings. The second kappa shape index (κ2) is 14.6. The molecule has 256 valence electrons. The van der Waals surface area contributed by atoms with Crippen LogP contribution in [-0.2, 0) is 36.4 Å². The van der Waals surface area contributed by atoms with E-state index < -0.39 is 41.2 Å². The molecule has 0 spiro atoms. The molecule has 3 atom stereocenters. The minimum atomic E-state index is -4.73. The lowest BCUT2D eigenvalue weighted by Crippen LogP contribution is -2.42. The summed E-state index contributed by atoms with van der Waals surface area (Å²) in [4.78, 5) is 27.6. The normalized spacial score (nSPS) is 18.6. The number of hydrogen-bond donors (Lipinski definition) is 1. The van der Waals surface area contributed by atoms with E-state index in [0.717, 1.165) is 19.2 Å².